The highest BCUT2D eigenvalue weighted by Crippen LogP contribution is 1.76. The molecule has 0 aromatic rings. The smallest absolute Gasteiger partial charge is 0.152 e. The first-order chi connectivity index (χ1) is 3.31. The lowest BCUT2D eigenvalue weighted by molar-refractivity contribution is -0.506. The Bertz CT molecular complexity index is 40.7. The summed E-state index contributed by atoms with van der Waals surface area (Å²) in [7, 11) is 1.35. The summed E-state index contributed by atoms with van der Waals surface area (Å²) in [4.78, 5) is 3.25. The molecule has 2 N–H and O–H groups in total. The summed E-state index contributed by atoms with van der Waals surface area (Å²) >= 11 is 0. The van der Waals surface area contributed by atoms with Crippen LogP contribution in [0, 0.1) is 0 Å². The Balaban J connectivity index is 2.83. The fraction of sp³-hybridized carbons (Fsp3) is 1.00. The molecule has 0 heterocycles. The first kappa shape index (κ1) is 6.80. The average molecular weight is 109 g/mol. The van der Waals surface area contributed by atoms with Crippen molar-refractivity contribution in [1.29, 1.82) is 0 Å². The van der Waals surface area contributed by atoms with Crippen LogP contribution in [0.5, 0.6) is 0 Å². The summed E-state index contributed by atoms with van der Waals surface area (Å²) in [6.07, 6.45) is 0. The molecule has 5 heteroatoms. The minimum atomic E-state index is -0.184. The summed E-state index contributed by atoms with van der Waals surface area (Å²) in [5.74, 6) is 0. The maximum Gasteiger partial charge on any atom is 0.152 e. The molecule has 0 saturated carbocycles. The summed E-state index contributed by atoms with van der Waals surface area (Å²) in [5, 5.41) is 15.8. The van der Waals surface area contributed by atoms with Crippen molar-refractivity contribution in [2.75, 3.05) is 13.8 Å². The van der Waals surface area contributed by atoms with Gasteiger partial charge in [0.15, 0.2) is 6.73 Å². The van der Waals surface area contributed by atoms with Gasteiger partial charge in [-0.1, -0.05) is 0 Å². The Hall–Kier alpha value is -0.200. The van der Waals surface area contributed by atoms with Gasteiger partial charge in [0, 0.05) is 7.11 Å². The van der Waals surface area contributed by atoms with Gasteiger partial charge < -0.3 is 4.74 Å². The van der Waals surface area contributed by atoms with E-state index in [4.69, 9.17) is 10.5 Å². The van der Waals surface area contributed by atoms with Gasteiger partial charge >= 0.3 is 0 Å². The highest BCUT2D eigenvalue weighted by Gasteiger charge is 1.92. The molecule has 0 bridgehead atoms. The van der Waals surface area contributed by atoms with Crippen LogP contribution in [0.25, 0.3) is 0 Å². The van der Waals surface area contributed by atoms with Crippen molar-refractivity contribution in [3.8, 4) is 0 Å². The van der Waals surface area contributed by atoms with E-state index in [1.807, 2.05) is 0 Å². The number of rotatable bonds is 3. The lowest BCUT2D eigenvalue weighted by Gasteiger charge is -2.04. The minimum absolute atomic E-state index is 0.139. The van der Waals surface area contributed by atoms with Crippen LogP contribution in [0.2, 0.25) is 0 Å². The molecule has 0 aromatic carbocycles. The number of ether oxygens (including phenoxy) is 1. The summed E-state index contributed by atoms with van der Waals surface area (Å²) < 4.78 is 4.29. The van der Waals surface area contributed by atoms with Crippen molar-refractivity contribution in [3.05, 3.63) is 0 Å². The molecule has 0 aromatic heterocycles. The molecule has 0 aliphatic carbocycles. The highest BCUT2D eigenvalue weighted by molar-refractivity contribution is 3.96. The van der Waals surface area contributed by atoms with Crippen LogP contribution in [-0.4, -0.2) is 29.5 Å². The topological polar surface area (TPSA) is 62.2 Å². The Morgan fingerprint density at radius 3 is 2.43 bits per heavy atom. The fourth-order valence-electron chi connectivity index (χ4n) is 0.134. The summed E-state index contributed by atoms with van der Waals surface area (Å²) in [6.45, 7) is -0.184. The van der Waals surface area contributed by atoms with Gasteiger partial charge in [0.2, 0.25) is 0 Å². The normalized spacial score (nSPS) is 10.3. The van der Waals surface area contributed by atoms with Crippen LogP contribution >= 0.6 is 0 Å². The predicted octanol–water partition coefficient (Wildman–Crippen LogP) is -0.314. The zero-order valence-corrected chi connectivity index (χ0v) is 3.87. The number of hydrogen-bond acceptors (Lipinski definition) is 5. The van der Waals surface area contributed by atoms with E-state index >= 15 is 0 Å². The molecular weight excluding hydrogens is 102 g/mol. The molecule has 7 heavy (non-hydrogen) atoms. The average Bonchev–Trinajstić information content (AvgIpc) is 1.68. The maximum absolute atomic E-state index is 8.09. The predicted molar refractivity (Wildman–Crippen MR) is 19.2 cm³/mol. The molecule has 0 fully saturated rings. The van der Waals surface area contributed by atoms with Crippen molar-refractivity contribution in [3.63, 3.8) is 0 Å². The number of hydrogen-bond donors (Lipinski definition) is 2. The third-order valence-corrected chi connectivity index (χ3v) is 0.334. The number of nitrogens with zero attached hydrogens (tertiary/aromatic N) is 1. The minimum Gasteiger partial charge on any atom is -0.364 e. The second-order valence-corrected chi connectivity index (χ2v) is 0.852. The highest BCUT2D eigenvalue weighted by atomic mass is 17.3. The van der Waals surface area contributed by atoms with Gasteiger partial charge in [0.1, 0.15) is 0 Å². The van der Waals surface area contributed by atoms with E-state index in [1.54, 1.807) is 0 Å². The van der Waals surface area contributed by atoms with Crippen molar-refractivity contribution >= 4 is 0 Å². The third kappa shape index (κ3) is 3.64. The molecule has 0 spiro atoms. The lowest BCUT2D eigenvalue weighted by Crippen LogP contribution is -2.19. The standard InChI is InChI=1S/C2H7NO4/c1-6-2-3(4)7-5/h4-5H,2H2,1H3. The van der Waals surface area contributed by atoms with Crippen molar-refractivity contribution in [2.24, 2.45) is 0 Å². The van der Waals surface area contributed by atoms with Gasteiger partial charge in [-0.3, -0.25) is 5.21 Å². The Morgan fingerprint density at radius 1 is 1.71 bits per heavy atom. The quantitative estimate of drug-likeness (QED) is 0.295. The first-order valence-corrected chi connectivity index (χ1v) is 1.58. The number of methoxy groups -OCH3 is 1. The van der Waals surface area contributed by atoms with Gasteiger partial charge in [0.25, 0.3) is 0 Å². The van der Waals surface area contributed by atoms with E-state index in [-0.39, 0.29) is 12.0 Å². The van der Waals surface area contributed by atoms with E-state index in [9.17, 15) is 0 Å². The summed E-state index contributed by atoms with van der Waals surface area (Å²) in [5.41, 5.74) is 0. The van der Waals surface area contributed by atoms with E-state index in [0.717, 1.165) is 0 Å². The van der Waals surface area contributed by atoms with Crippen molar-refractivity contribution in [1.82, 2.24) is 5.23 Å². The molecule has 44 valence electrons. The van der Waals surface area contributed by atoms with Crippen LogP contribution in [-0.2, 0) is 9.73 Å². The van der Waals surface area contributed by atoms with Gasteiger partial charge in [-0.15, -0.1) is 4.99 Å². The van der Waals surface area contributed by atoms with Gasteiger partial charge in [-0.2, -0.15) is 0 Å². The van der Waals surface area contributed by atoms with Crippen LogP contribution in [0.3, 0.4) is 0 Å². The Labute approximate surface area is 40.5 Å². The molecule has 0 amide bonds. The van der Waals surface area contributed by atoms with Gasteiger partial charge in [-0.25, -0.2) is 5.26 Å². The van der Waals surface area contributed by atoms with E-state index < -0.39 is 0 Å². The summed E-state index contributed by atoms with van der Waals surface area (Å²) in [6, 6.07) is 0. The second kappa shape index (κ2) is 3.97. The molecule has 0 saturated heterocycles. The van der Waals surface area contributed by atoms with E-state index in [2.05, 4.69) is 9.73 Å². The fourth-order valence-corrected chi connectivity index (χ4v) is 0.134. The molecular formula is C2H7NO4. The molecule has 0 rings (SSSR count). The second-order valence-electron chi connectivity index (χ2n) is 0.852. The monoisotopic (exact) mass is 109 g/mol. The molecule has 0 unspecified atom stereocenters. The van der Waals surface area contributed by atoms with Crippen LogP contribution < -0.4 is 0 Å². The van der Waals surface area contributed by atoms with E-state index in [1.165, 1.54) is 7.11 Å². The SMILES string of the molecule is COCN(O)OO. The first-order valence-electron chi connectivity index (χ1n) is 1.58. The number of hydroxylamine groups is 2. The Morgan fingerprint density at radius 2 is 2.29 bits per heavy atom. The van der Waals surface area contributed by atoms with Gasteiger partial charge in [-0.05, 0) is 5.23 Å². The molecule has 0 radical (unpaired) electrons. The van der Waals surface area contributed by atoms with Crippen LogP contribution in [0.15, 0.2) is 0 Å². The third-order valence-electron chi connectivity index (χ3n) is 0.334. The molecule has 0 atom stereocenters. The molecule has 5 nitrogen and oxygen atoms in total. The molecule has 0 aliphatic heterocycles. The van der Waals surface area contributed by atoms with Crippen LogP contribution in [0.4, 0.5) is 0 Å². The zero-order valence-electron chi connectivity index (χ0n) is 3.87. The Kier molecular flexibility index (Phi) is 3.86. The molecule has 0 aliphatic rings. The van der Waals surface area contributed by atoms with Crippen LogP contribution in [0.1, 0.15) is 0 Å². The maximum atomic E-state index is 8.09. The van der Waals surface area contributed by atoms with Crippen molar-refractivity contribution in [2.45, 2.75) is 0 Å². The zero-order chi connectivity index (χ0) is 5.70. The van der Waals surface area contributed by atoms with Crippen molar-refractivity contribution < 1.29 is 20.2 Å². The van der Waals surface area contributed by atoms with E-state index in [0.29, 0.717) is 0 Å². The largest absolute Gasteiger partial charge is 0.364 e. The lowest BCUT2D eigenvalue weighted by atomic mass is 11.3. The van der Waals surface area contributed by atoms with Gasteiger partial charge in [0.05, 0.1) is 0 Å².